The van der Waals surface area contributed by atoms with Crippen LogP contribution in [0, 0.1) is 11.8 Å². The van der Waals surface area contributed by atoms with Gasteiger partial charge in [-0.25, -0.2) is 0 Å². The quantitative estimate of drug-likeness (QED) is 0.436. The van der Waals surface area contributed by atoms with Gasteiger partial charge in [-0.1, -0.05) is 6.07 Å². The number of carboxylic acid groups (broad SMARTS) is 1. The molecule has 3 saturated heterocycles. The van der Waals surface area contributed by atoms with Gasteiger partial charge in [-0.15, -0.1) is 0 Å². The molecule has 44 heavy (non-hydrogen) atoms. The Labute approximate surface area is 257 Å². The highest BCUT2D eigenvalue weighted by Crippen LogP contribution is 2.43. The molecular formula is C32H46F3N3O6. The van der Waals surface area contributed by atoms with Gasteiger partial charge in [0.25, 0.3) is 5.91 Å². The molecular weight excluding hydrogens is 579 g/mol. The number of aliphatic carboxylic acids is 1. The van der Waals surface area contributed by atoms with Crippen molar-refractivity contribution in [3.63, 3.8) is 0 Å². The maximum Gasteiger partial charge on any atom is 0.416 e. The third kappa shape index (κ3) is 6.73. The highest BCUT2D eigenvalue weighted by atomic mass is 19.4. The number of hydrogen-bond donors (Lipinski definition) is 1. The van der Waals surface area contributed by atoms with Gasteiger partial charge in [0.15, 0.2) is 5.60 Å². The van der Waals surface area contributed by atoms with Crippen molar-refractivity contribution in [3.8, 4) is 0 Å². The van der Waals surface area contributed by atoms with E-state index in [1.807, 2.05) is 9.80 Å². The van der Waals surface area contributed by atoms with Crippen LogP contribution in [-0.4, -0.2) is 112 Å². The highest BCUT2D eigenvalue weighted by molar-refractivity contribution is 5.86. The molecule has 3 heterocycles. The number of benzene rings is 1. The lowest BCUT2D eigenvalue weighted by Gasteiger charge is -2.36. The van der Waals surface area contributed by atoms with Gasteiger partial charge in [0, 0.05) is 84.2 Å². The van der Waals surface area contributed by atoms with Crippen molar-refractivity contribution in [1.82, 2.24) is 9.80 Å². The summed E-state index contributed by atoms with van der Waals surface area (Å²) in [6.45, 7) is 3.12. The maximum atomic E-state index is 14.2. The van der Waals surface area contributed by atoms with E-state index in [-0.39, 0.29) is 17.7 Å². The number of carbonyl (C=O) groups is 2. The van der Waals surface area contributed by atoms with Crippen LogP contribution in [0.3, 0.4) is 0 Å². The highest BCUT2D eigenvalue weighted by Gasteiger charge is 2.51. The number of piperidine rings is 1. The number of carbonyl (C=O) groups excluding carboxylic acids is 1. The van der Waals surface area contributed by atoms with Gasteiger partial charge in [0.2, 0.25) is 0 Å². The third-order valence-corrected chi connectivity index (χ3v) is 10.6. The van der Waals surface area contributed by atoms with Gasteiger partial charge >= 0.3 is 12.1 Å². The Morgan fingerprint density at radius 1 is 1.00 bits per heavy atom. The first kappa shape index (κ1) is 33.0. The number of halogens is 3. The monoisotopic (exact) mass is 625 g/mol. The van der Waals surface area contributed by atoms with Crippen LogP contribution in [0.15, 0.2) is 18.2 Å². The van der Waals surface area contributed by atoms with Crippen molar-refractivity contribution in [2.75, 3.05) is 72.1 Å². The van der Waals surface area contributed by atoms with E-state index in [9.17, 15) is 27.9 Å². The largest absolute Gasteiger partial charge is 0.481 e. The average Bonchev–Trinajstić information content (AvgIpc) is 3.66. The number of anilines is 1. The number of carboxylic acids is 1. The van der Waals surface area contributed by atoms with Gasteiger partial charge in [0.05, 0.1) is 24.2 Å². The molecule has 3 aliphatic heterocycles. The molecule has 4 fully saturated rings. The lowest BCUT2D eigenvalue weighted by molar-refractivity contribution is -0.153. The molecule has 0 spiro atoms. The summed E-state index contributed by atoms with van der Waals surface area (Å²) in [4.78, 5) is 31.8. The number of alkyl halides is 3. The van der Waals surface area contributed by atoms with Gasteiger partial charge < -0.3 is 29.1 Å². The van der Waals surface area contributed by atoms with Crippen LogP contribution < -0.4 is 4.90 Å². The normalized spacial score (nSPS) is 30.7. The minimum Gasteiger partial charge on any atom is -0.481 e. The molecule has 0 bridgehead atoms. The van der Waals surface area contributed by atoms with E-state index in [2.05, 4.69) is 4.90 Å². The molecule has 1 saturated carbocycles. The molecule has 4 aliphatic rings. The summed E-state index contributed by atoms with van der Waals surface area (Å²) in [6, 6.07) is 4.23. The second-order valence-electron chi connectivity index (χ2n) is 13.0. The zero-order valence-electron chi connectivity index (χ0n) is 26.0. The summed E-state index contributed by atoms with van der Waals surface area (Å²) in [7, 11) is 4.94. The van der Waals surface area contributed by atoms with Crippen LogP contribution >= 0.6 is 0 Å². The molecule has 5 rings (SSSR count). The molecule has 246 valence electrons. The Balaban J connectivity index is 1.37. The molecule has 1 aromatic rings. The lowest BCUT2D eigenvalue weighted by atomic mass is 9.86. The Bertz CT molecular complexity index is 1170. The van der Waals surface area contributed by atoms with Crippen LogP contribution in [0.1, 0.15) is 62.0 Å². The standard InChI is InChI=1S/C32H46F3N3O6/c1-42-19-22-17-38(30(41)31(44-3)12-15-37(20-31)24-5-7-25(43-2)8-6-24)18-27(22)26-9-4-23(32(33,34)35)16-28(26)36-13-10-21(11-14-36)29(39)40/h4,9,16,21-22,24-25,27H,5-8,10-15,17-20H2,1-3H3,(H,39,40)/t22-,24?,25?,27+,31-/m1/s1. The molecule has 1 amide bonds. The van der Waals surface area contributed by atoms with E-state index in [4.69, 9.17) is 14.2 Å². The number of methoxy groups -OCH3 is 3. The van der Waals surface area contributed by atoms with Crippen LogP contribution in [0.5, 0.6) is 0 Å². The third-order valence-electron chi connectivity index (χ3n) is 10.6. The molecule has 3 atom stereocenters. The fourth-order valence-corrected chi connectivity index (χ4v) is 7.93. The average molecular weight is 626 g/mol. The van der Waals surface area contributed by atoms with Gasteiger partial charge in [0.1, 0.15) is 0 Å². The summed E-state index contributed by atoms with van der Waals surface area (Å²) in [5.74, 6) is -1.82. The van der Waals surface area contributed by atoms with E-state index < -0.39 is 29.2 Å². The maximum absolute atomic E-state index is 14.2. The molecule has 1 N–H and O–H groups in total. The fraction of sp³-hybridized carbons (Fsp3) is 0.750. The molecule has 0 radical (unpaired) electrons. The second-order valence-corrected chi connectivity index (χ2v) is 13.0. The predicted molar refractivity (Wildman–Crippen MR) is 158 cm³/mol. The lowest BCUT2D eigenvalue weighted by Crippen LogP contribution is -2.52. The van der Waals surface area contributed by atoms with Crippen molar-refractivity contribution < 1.29 is 42.1 Å². The SMILES string of the molecule is COC[C@H]1CN(C(=O)[C@@]2(OC)CCN(C3CCC(OC)CC3)C2)C[C@@H]1c1ccc(C(F)(F)F)cc1N1CCC(C(=O)O)CC1. The minimum atomic E-state index is -4.52. The fourth-order valence-electron chi connectivity index (χ4n) is 7.93. The zero-order chi connectivity index (χ0) is 31.6. The summed E-state index contributed by atoms with van der Waals surface area (Å²) < 4.78 is 58.6. The van der Waals surface area contributed by atoms with Crippen molar-refractivity contribution in [1.29, 1.82) is 0 Å². The minimum absolute atomic E-state index is 0.0765. The van der Waals surface area contributed by atoms with E-state index >= 15 is 0 Å². The van der Waals surface area contributed by atoms with Crippen molar-refractivity contribution >= 4 is 17.6 Å². The Morgan fingerprint density at radius 3 is 2.30 bits per heavy atom. The van der Waals surface area contributed by atoms with Crippen molar-refractivity contribution in [2.45, 2.75) is 74.8 Å². The first-order valence-electron chi connectivity index (χ1n) is 15.8. The van der Waals surface area contributed by atoms with Gasteiger partial charge in [-0.05, 0) is 62.6 Å². The first-order valence-corrected chi connectivity index (χ1v) is 15.8. The second kappa shape index (κ2) is 13.5. The van der Waals surface area contributed by atoms with Crippen LogP contribution in [-0.2, 0) is 30.0 Å². The predicted octanol–water partition coefficient (Wildman–Crippen LogP) is 4.24. The molecule has 9 nitrogen and oxygen atoms in total. The smallest absolute Gasteiger partial charge is 0.416 e. The number of rotatable bonds is 9. The summed E-state index contributed by atoms with van der Waals surface area (Å²) in [5.41, 5.74) is -0.510. The number of amides is 1. The van der Waals surface area contributed by atoms with Gasteiger partial charge in [-0.2, -0.15) is 13.2 Å². The number of nitrogens with zero attached hydrogens (tertiary/aromatic N) is 3. The van der Waals surface area contributed by atoms with Crippen LogP contribution in [0.25, 0.3) is 0 Å². The van der Waals surface area contributed by atoms with Crippen LogP contribution in [0.2, 0.25) is 0 Å². The number of likely N-dealkylation sites (tertiary alicyclic amines) is 2. The molecule has 0 aromatic heterocycles. The summed E-state index contributed by atoms with van der Waals surface area (Å²) >= 11 is 0. The van der Waals surface area contributed by atoms with Crippen molar-refractivity contribution in [3.05, 3.63) is 29.3 Å². The van der Waals surface area contributed by atoms with E-state index in [0.29, 0.717) is 76.4 Å². The molecule has 1 aliphatic carbocycles. The molecule has 12 heteroatoms. The zero-order valence-corrected chi connectivity index (χ0v) is 26.0. The molecule has 1 aromatic carbocycles. The Kier molecular flexibility index (Phi) is 10.1. The molecule has 0 unspecified atom stereocenters. The Hall–Kier alpha value is -2.41. The topological polar surface area (TPSA) is 91.8 Å². The van der Waals surface area contributed by atoms with E-state index in [1.54, 1.807) is 27.4 Å². The summed E-state index contributed by atoms with van der Waals surface area (Å²) in [5, 5.41) is 9.45. The van der Waals surface area contributed by atoms with Gasteiger partial charge in [-0.3, -0.25) is 14.5 Å². The van der Waals surface area contributed by atoms with E-state index in [1.165, 1.54) is 6.07 Å². The van der Waals surface area contributed by atoms with Crippen molar-refractivity contribution in [2.24, 2.45) is 11.8 Å². The number of ether oxygens (including phenoxy) is 3. The summed E-state index contributed by atoms with van der Waals surface area (Å²) in [6.07, 6.45) is 1.14. The number of hydrogen-bond acceptors (Lipinski definition) is 7. The Morgan fingerprint density at radius 2 is 1.70 bits per heavy atom. The first-order chi connectivity index (χ1) is 21.0. The van der Waals surface area contributed by atoms with E-state index in [0.717, 1.165) is 43.9 Å². The van der Waals surface area contributed by atoms with Crippen LogP contribution in [0.4, 0.5) is 18.9 Å².